The Morgan fingerprint density at radius 3 is 2.46 bits per heavy atom. The molecule has 0 aromatic heterocycles. The number of hydrogen-bond acceptors (Lipinski definition) is 6. The Labute approximate surface area is 166 Å². The van der Waals surface area contributed by atoms with E-state index in [4.69, 9.17) is 19.3 Å². The summed E-state index contributed by atoms with van der Waals surface area (Å²) in [7, 11) is 0. The Hall–Kier alpha value is -2.28. The lowest BCUT2D eigenvalue weighted by Gasteiger charge is -2.38. The van der Waals surface area contributed by atoms with Crippen molar-refractivity contribution >= 4 is 12.1 Å². The first-order chi connectivity index (χ1) is 13.2. The van der Waals surface area contributed by atoms with Crippen molar-refractivity contribution < 1.29 is 28.9 Å². The number of aliphatic hydroxyl groups is 1. The fraction of sp³-hybridized carbons (Fsp3) is 0.619. The van der Waals surface area contributed by atoms with Crippen LogP contribution in [-0.4, -0.2) is 60.6 Å². The van der Waals surface area contributed by atoms with Gasteiger partial charge >= 0.3 is 12.1 Å². The number of carbonyl (C=O) groups excluding carboxylic acids is 2. The van der Waals surface area contributed by atoms with Crippen molar-refractivity contribution in [1.82, 2.24) is 4.90 Å². The van der Waals surface area contributed by atoms with E-state index < -0.39 is 17.6 Å². The molecule has 156 valence electrons. The lowest BCUT2D eigenvalue weighted by atomic mass is 9.80. The highest BCUT2D eigenvalue weighted by molar-refractivity contribution is 5.76. The first-order valence-electron chi connectivity index (χ1n) is 9.73. The summed E-state index contributed by atoms with van der Waals surface area (Å²) in [6.45, 7) is 8.49. The van der Waals surface area contributed by atoms with Crippen molar-refractivity contribution in [1.29, 1.82) is 0 Å². The Morgan fingerprint density at radius 1 is 1.21 bits per heavy atom. The van der Waals surface area contributed by atoms with Gasteiger partial charge in [-0.3, -0.25) is 4.79 Å². The van der Waals surface area contributed by atoms with E-state index in [-0.39, 0.29) is 31.6 Å². The summed E-state index contributed by atoms with van der Waals surface area (Å²) in [6.07, 6.45) is 0.229. The quantitative estimate of drug-likeness (QED) is 0.748. The normalized spacial score (nSPS) is 19.8. The van der Waals surface area contributed by atoms with E-state index in [9.17, 15) is 9.59 Å². The van der Waals surface area contributed by atoms with Crippen LogP contribution in [0, 0.1) is 5.92 Å². The second-order valence-corrected chi connectivity index (χ2v) is 7.82. The number of ether oxygens (including phenoxy) is 3. The summed E-state index contributed by atoms with van der Waals surface area (Å²) in [5.41, 5.74) is 0.413. The lowest BCUT2D eigenvalue weighted by molar-refractivity contribution is -0.150. The molecule has 1 heterocycles. The van der Waals surface area contributed by atoms with E-state index in [1.165, 1.54) is 0 Å². The molecule has 0 saturated carbocycles. The van der Waals surface area contributed by atoms with Gasteiger partial charge in [0.1, 0.15) is 18.0 Å². The fourth-order valence-electron chi connectivity index (χ4n) is 3.31. The summed E-state index contributed by atoms with van der Waals surface area (Å²) in [4.78, 5) is 26.6. The van der Waals surface area contributed by atoms with Gasteiger partial charge in [-0.2, -0.15) is 0 Å². The van der Waals surface area contributed by atoms with Crippen molar-refractivity contribution in [3.05, 3.63) is 29.8 Å². The van der Waals surface area contributed by atoms with Crippen LogP contribution < -0.4 is 4.74 Å². The third kappa shape index (κ3) is 6.12. The molecule has 1 aromatic rings. The molecule has 2 atom stereocenters. The first kappa shape index (κ1) is 22.0. The highest BCUT2D eigenvalue weighted by Crippen LogP contribution is 2.35. The molecule has 7 nitrogen and oxygen atoms in total. The van der Waals surface area contributed by atoms with Gasteiger partial charge in [0.2, 0.25) is 0 Å². The van der Waals surface area contributed by atoms with E-state index >= 15 is 0 Å². The van der Waals surface area contributed by atoms with Crippen LogP contribution in [0.1, 0.15) is 45.6 Å². The molecule has 0 radical (unpaired) electrons. The molecular formula is C21H31NO6. The maximum absolute atomic E-state index is 12.6. The van der Waals surface area contributed by atoms with Crippen LogP contribution in [0.2, 0.25) is 0 Å². The van der Waals surface area contributed by atoms with Crippen molar-refractivity contribution in [2.24, 2.45) is 5.92 Å². The fourth-order valence-corrected chi connectivity index (χ4v) is 3.31. The predicted octanol–water partition coefficient (Wildman–Crippen LogP) is 2.96. The molecule has 0 spiro atoms. The number of carbonyl (C=O) groups is 2. The smallest absolute Gasteiger partial charge is 0.410 e. The number of aliphatic hydroxyl groups excluding tert-OH is 1. The zero-order valence-corrected chi connectivity index (χ0v) is 17.1. The zero-order chi connectivity index (χ0) is 20.7. The minimum atomic E-state index is -0.586. The highest BCUT2D eigenvalue weighted by Gasteiger charge is 2.39. The van der Waals surface area contributed by atoms with Gasteiger partial charge < -0.3 is 24.2 Å². The van der Waals surface area contributed by atoms with Gasteiger partial charge in [0.15, 0.2) is 0 Å². The summed E-state index contributed by atoms with van der Waals surface area (Å²) in [5, 5.41) is 8.85. The topological polar surface area (TPSA) is 85.3 Å². The molecule has 0 bridgehead atoms. The maximum atomic E-state index is 12.6. The van der Waals surface area contributed by atoms with Gasteiger partial charge in [-0.25, -0.2) is 4.79 Å². The van der Waals surface area contributed by atoms with E-state index in [0.717, 1.165) is 5.56 Å². The number of piperidine rings is 1. The minimum absolute atomic E-state index is 0.0458. The summed E-state index contributed by atoms with van der Waals surface area (Å²) >= 11 is 0. The molecule has 7 heteroatoms. The van der Waals surface area contributed by atoms with Crippen molar-refractivity contribution in [3.63, 3.8) is 0 Å². The summed E-state index contributed by atoms with van der Waals surface area (Å²) in [5.74, 6) is -0.145. The Morgan fingerprint density at radius 2 is 1.89 bits per heavy atom. The molecule has 1 aliphatic heterocycles. The van der Waals surface area contributed by atoms with Gasteiger partial charge in [0.05, 0.1) is 19.1 Å². The molecule has 1 aromatic carbocycles. The number of rotatable bonds is 6. The second-order valence-electron chi connectivity index (χ2n) is 7.82. The SMILES string of the molecule is CCOC(=O)[C@@H]1CN(C(=O)OC(C)(C)C)CC[C@@H]1c1ccc(OCCO)cc1. The number of amides is 1. The average Bonchev–Trinajstić information content (AvgIpc) is 2.65. The molecule has 1 fully saturated rings. The van der Waals surface area contributed by atoms with Gasteiger partial charge in [-0.15, -0.1) is 0 Å². The standard InChI is InChI=1S/C21H31NO6/c1-5-26-19(24)18-14-22(20(25)28-21(2,3)4)11-10-17(18)15-6-8-16(9-7-15)27-13-12-23/h6-9,17-18,23H,5,10-14H2,1-4H3/t17-,18-/m1/s1. The molecule has 1 N–H and O–H groups in total. The van der Waals surface area contributed by atoms with Crippen molar-refractivity contribution in [2.45, 2.75) is 45.6 Å². The number of nitrogens with zero attached hydrogens (tertiary/aromatic N) is 1. The molecular weight excluding hydrogens is 362 g/mol. The molecule has 1 amide bonds. The second kappa shape index (κ2) is 9.78. The predicted molar refractivity (Wildman–Crippen MR) is 104 cm³/mol. The Balaban J connectivity index is 2.15. The molecule has 1 aliphatic rings. The van der Waals surface area contributed by atoms with E-state index in [1.807, 2.05) is 45.0 Å². The third-order valence-corrected chi connectivity index (χ3v) is 4.52. The van der Waals surface area contributed by atoms with E-state index in [2.05, 4.69) is 0 Å². The van der Waals surface area contributed by atoms with E-state index in [1.54, 1.807) is 11.8 Å². The van der Waals surface area contributed by atoms with Crippen molar-refractivity contribution in [3.8, 4) is 5.75 Å². The van der Waals surface area contributed by atoms with Gasteiger partial charge in [-0.05, 0) is 51.8 Å². The largest absolute Gasteiger partial charge is 0.491 e. The van der Waals surface area contributed by atoms with Gasteiger partial charge in [0.25, 0.3) is 0 Å². The first-order valence-corrected chi connectivity index (χ1v) is 9.73. The number of esters is 1. The van der Waals surface area contributed by atoms with Crippen LogP contribution >= 0.6 is 0 Å². The van der Waals surface area contributed by atoms with Crippen LogP contribution in [0.3, 0.4) is 0 Å². The van der Waals surface area contributed by atoms with Gasteiger partial charge in [-0.1, -0.05) is 12.1 Å². The van der Waals surface area contributed by atoms with Crippen LogP contribution in [0.5, 0.6) is 5.75 Å². The number of likely N-dealkylation sites (tertiary alicyclic amines) is 1. The molecule has 2 rings (SSSR count). The monoisotopic (exact) mass is 393 g/mol. The average molecular weight is 393 g/mol. The molecule has 1 saturated heterocycles. The number of benzene rings is 1. The Bertz CT molecular complexity index is 652. The maximum Gasteiger partial charge on any atom is 0.410 e. The van der Waals surface area contributed by atoms with Crippen LogP contribution in [0.25, 0.3) is 0 Å². The van der Waals surface area contributed by atoms with Crippen LogP contribution in [0.15, 0.2) is 24.3 Å². The molecule has 28 heavy (non-hydrogen) atoms. The lowest BCUT2D eigenvalue weighted by Crippen LogP contribution is -2.47. The van der Waals surface area contributed by atoms with Crippen LogP contribution in [0.4, 0.5) is 4.79 Å². The molecule has 0 aliphatic carbocycles. The zero-order valence-electron chi connectivity index (χ0n) is 17.1. The van der Waals surface area contributed by atoms with Gasteiger partial charge in [0, 0.05) is 19.0 Å². The number of hydrogen-bond donors (Lipinski definition) is 1. The van der Waals surface area contributed by atoms with Crippen molar-refractivity contribution in [2.75, 3.05) is 32.9 Å². The molecule has 0 unspecified atom stereocenters. The highest BCUT2D eigenvalue weighted by atomic mass is 16.6. The third-order valence-electron chi connectivity index (χ3n) is 4.52. The summed E-state index contributed by atoms with van der Waals surface area (Å²) < 4.78 is 16.1. The minimum Gasteiger partial charge on any atom is -0.491 e. The van der Waals surface area contributed by atoms with E-state index in [0.29, 0.717) is 25.3 Å². The Kier molecular flexibility index (Phi) is 7.69. The van der Waals surface area contributed by atoms with Crippen LogP contribution in [-0.2, 0) is 14.3 Å². The summed E-state index contributed by atoms with van der Waals surface area (Å²) in [6, 6.07) is 7.50.